The third-order valence-corrected chi connectivity index (χ3v) is 3.06. The molecular formula is C11H16Cl2N2. The Morgan fingerprint density at radius 2 is 1.80 bits per heavy atom. The van der Waals surface area contributed by atoms with Crippen LogP contribution in [0, 0.1) is 0 Å². The zero-order valence-electron chi connectivity index (χ0n) is 9.00. The van der Waals surface area contributed by atoms with Crippen LogP contribution in [0.2, 0.25) is 10.0 Å². The van der Waals surface area contributed by atoms with Crippen LogP contribution < -0.4 is 5.73 Å². The van der Waals surface area contributed by atoms with Gasteiger partial charge < -0.3 is 10.6 Å². The lowest BCUT2D eigenvalue weighted by Crippen LogP contribution is -2.23. The van der Waals surface area contributed by atoms with Gasteiger partial charge in [0.25, 0.3) is 0 Å². The Kier molecular flexibility index (Phi) is 4.87. The van der Waals surface area contributed by atoms with E-state index in [9.17, 15) is 0 Å². The Hall–Kier alpha value is -0.280. The first-order valence-electron chi connectivity index (χ1n) is 4.88. The van der Waals surface area contributed by atoms with E-state index in [1.807, 2.05) is 32.3 Å². The average molecular weight is 247 g/mol. The lowest BCUT2D eigenvalue weighted by Gasteiger charge is -2.26. The van der Waals surface area contributed by atoms with Gasteiger partial charge in [0.15, 0.2) is 0 Å². The van der Waals surface area contributed by atoms with Crippen molar-refractivity contribution < 1.29 is 0 Å². The summed E-state index contributed by atoms with van der Waals surface area (Å²) in [5, 5.41) is 1.41. The molecule has 0 bridgehead atoms. The molecule has 2 nitrogen and oxygen atoms in total. The molecule has 0 aromatic heterocycles. The Balaban J connectivity index is 3.10. The number of nitrogens with two attached hydrogens (primary N) is 1. The summed E-state index contributed by atoms with van der Waals surface area (Å²) in [4.78, 5) is 2.08. The quantitative estimate of drug-likeness (QED) is 0.886. The van der Waals surface area contributed by atoms with Gasteiger partial charge in [-0.3, -0.25) is 0 Å². The summed E-state index contributed by atoms with van der Waals surface area (Å²) in [5.74, 6) is 0. The first kappa shape index (κ1) is 12.8. The third-order valence-electron chi connectivity index (χ3n) is 2.40. The smallest absolute Gasteiger partial charge is 0.0468 e. The Labute approximate surface area is 101 Å². The highest BCUT2D eigenvalue weighted by Gasteiger charge is 2.18. The van der Waals surface area contributed by atoms with Gasteiger partial charge in [-0.1, -0.05) is 29.3 Å². The molecule has 0 amide bonds. The van der Waals surface area contributed by atoms with Crippen molar-refractivity contribution in [2.75, 3.05) is 20.6 Å². The molecule has 0 aliphatic heterocycles. The molecule has 0 saturated carbocycles. The topological polar surface area (TPSA) is 29.3 Å². The van der Waals surface area contributed by atoms with Crippen molar-refractivity contribution in [1.29, 1.82) is 0 Å². The lowest BCUT2D eigenvalue weighted by molar-refractivity contribution is 0.287. The van der Waals surface area contributed by atoms with E-state index in [4.69, 9.17) is 28.9 Å². The van der Waals surface area contributed by atoms with Crippen LogP contribution in [0.3, 0.4) is 0 Å². The van der Waals surface area contributed by atoms with E-state index in [0.717, 1.165) is 12.0 Å². The van der Waals surface area contributed by atoms with Gasteiger partial charge in [0.05, 0.1) is 0 Å². The molecule has 1 aromatic rings. The largest absolute Gasteiger partial charge is 0.330 e. The van der Waals surface area contributed by atoms with Crippen LogP contribution in [-0.2, 0) is 0 Å². The first-order chi connectivity index (χ1) is 7.07. The maximum Gasteiger partial charge on any atom is 0.0468 e. The fourth-order valence-corrected chi connectivity index (χ4v) is 2.30. The minimum Gasteiger partial charge on any atom is -0.330 e. The first-order valence-corrected chi connectivity index (χ1v) is 5.64. The molecule has 4 heteroatoms. The minimum absolute atomic E-state index is 0.177. The van der Waals surface area contributed by atoms with E-state index in [2.05, 4.69) is 4.90 Å². The summed E-state index contributed by atoms with van der Waals surface area (Å²) in [6, 6.07) is 5.74. The molecule has 1 aromatic carbocycles. The normalized spacial score (nSPS) is 13.2. The van der Waals surface area contributed by atoms with E-state index < -0.39 is 0 Å². The summed E-state index contributed by atoms with van der Waals surface area (Å²) >= 11 is 12.3. The van der Waals surface area contributed by atoms with Gasteiger partial charge in [-0.25, -0.2) is 0 Å². The molecule has 1 unspecified atom stereocenters. The van der Waals surface area contributed by atoms with Crippen LogP contribution in [0.5, 0.6) is 0 Å². The second-order valence-corrected chi connectivity index (χ2v) is 4.51. The lowest BCUT2D eigenvalue weighted by atomic mass is 10.0. The Morgan fingerprint density at radius 1 is 1.27 bits per heavy atom. The van der Waals surface area contributed by atoms with Crippen molar-refractivity contribution in [3.8, 4) is 0 Å². The predicted molar refractivity (Wildman–Crippen MR) is 66.6 cm³/mol. The average Bonchev–Trinajstić information content (AvgIpc) is 2.15. The SMILES string of the molecule is CN(C)C(CCN)c1c(Cl)cccc1Cl. The maximum atomic E-state index is 6.15. The number of halogens is 2. The zero-order chi connectivity index (χ0) is 11.4. The van der Waals surface area contributed by atoms with Crippen LogP contribution >= 0.6 is 23.2 Å². The fourth-order valence-electron chi connectivity index (χ4n) is 1.65. The molecule has 0 aliphatic rings. The molecule has 15 heavy (non-hydrogen) atoms. The molecule has 0 saturated heterocycles. The number of hydrogen-bond donors (Lipinski definition) is 1. The van der Waals surface area contributed by atoms with Crippen LogP contribution in [0.4, 0.5) is 0 Å². The molecule has 1 rings (SSSR count). The van der Waals surface area contributed by atoms with Crippen molar-refractivity contribution in [2.24, 2.45) is 5.73 Å². The third kappa shape index (κ3) is 3.08. The van der Waals surface area contributed by atoms with E-state index in [1.165, 1.54) is 0 Å². The van der Waals surface area contributed by atoms with Crippen molar-refractivity contribution in [1.82, 2.24) is 4.90 Å². The second kappa shape index (κ2) is 5.71. The van der Waals surface area contributed by atoms with Gasteiger partial charge in [-0.05, 0) is 39.2 Å². The second-order valence-electron chi connectivity index (χ2n) is 3.69. The maximum absolute atomic E-state index is 6.15. The van der Waals surface area contributed by atoms with Crippen molar-refractivity contribution in [3.63, 3.8) is 0 Å². The number of benzene rings is 1. The summed E-state index contributed by atoms with van der Waals surface area (Å²) < 4.78 is 0. The number of hydrogen-bond acceptors (Lipinski definition) is 2. The molecule has 0 fully saturated rings. The molecule has 0 aliphatic carbocycles. The summed E-state index contributed by atoms with van der Waals surface area (Å²) in [7, 11) is 4.00. The molecule has 84 valence electrons. The predicted octanol–water partition coefficient (Wildman–Crippen LogP) is 2.94. The van der Waals surface area contributed by atoms with Gasteiger partial charge in [0.1, 0.15) is 0 Å². The summed E-state index contributed by atoms with van der Waals surface area (Å²) in [6.07, 6.45) is 0.844. The number of nitrogens with zero attached hydrogens (tertiary/aromatic N) is 1. The van der Waals surface area contributed by atoms with Gasteiger partial charge in [0.2, 0.25) is 0 Å². The molecule has 0 radical (unpaired) electrons. The van der Waals surface area contributed by atoms with Gasteiger partial charge in [-0.15, -0.1) is 0 Å². The van der Waals surface area contributed by atoms with Gasteiger partial charge in [0, 0.05) is 21.7 Å². The standard InChI is InChI=1S/C11H16Cl2N2/c1-15(2)10(6-7-14)11-8(12)4-3-5-9(11)13/h3-5,10H,6-7,14H2,1-2H3. The molecule has 1 atom stereocenters. The van der Waals surface area contributed by atoms with Gasteiger partial charge >= 0.3 is 0 Å². The zero-order valence-corrected chi connectivity index (χ0v) is 10.5. The summed E-state index contributed by atoms with van der Waals surface area (Å²) in [6.45, 7) is 0.615. The Morgan fingerprint density at radius 3 is 2.20 bits per heavy atom. The van der Waals surface area contributed by atoms with Crippen LogP contribution in [-0.4, -0.2) is 25.5 Å². The highest BCUT2D eigenvalue weighted by Crippen LogP contribution is 2.34. The van der Waals surface area contributed by atoms with Crippen molar-refractivity contribution in [2.45, 2.75) is 12.5 Å². The van der Waals surface area contributed by atoms with Crippen LogP contribution in [0.25, 0.3) is 0 Å². The minimum atomic E-state index is 0.177. The molecule has 2 N–H and O–H groups in total. The number of rotatable bonds is 4. The van der Waals surface area contributed by atoms with Crippen LogP contribution in [0.1, 0.15) is 18.0 Å². The monoisotopic (exact) mass is 246 g/mol. The van der Waals surface area contributed by atoms with Crippen molar-refractivity contribution in [3.05, 3.63) is 33.8 Å². The fraction of sp³-hybridized carbons (Fsp3) is 0.455. The molecule has 0 spiro atoms. The van der Waals surface area contributed by atoms with E-state index in [0.29, 0.717) is 16.6 Å². The van der Waals surface area contributed by atoms with Crippen LogP contribution in [0.15, 0.2) is 18.2 Å². The van der Waals surface area contributed by atoms with Gasteiger partial charge in [-0.2, -0.15) is 0 Å². The Bertz CT molecular complexity index is 306. The van der Waals surface area contributed by atoms with E-state index >= 15 is 0 Å². The highest BCUT2D eigenvalue weighted by atomic mass is 35.5. The summed E-state index contributed by atoms with van der Waals surface area (Å²) in [5.41, 5.74) is 6.56. The van der Waals surface area contributed by atoms with E-state index in [-0.39, 0.29) is 6.04 Å². The van der Waals surface area contributed by atoms with E-state index in [1.54, 1.807) is 0 Å². The molecule has 0 heterocycles. The molecular weight excluding hydrogens is 231 g/mol. The highest BCUT2D eigenvalue weighted by molar-refractivity contribution is 6.36. The van der Waals surface area contributed by atoms with Crippen molar-refractivity contribution >= 4 is 23.2 Å².